The van der Waals surface area contributed by atoms with Crippen LogP contribution in [0.3, 0.4) is 0 Å². The summed E-state index contributed by atoms with van der Waals surface area (Å²) in [4.78, 5) is 32.3. The molecule has 1 aliphatic rings. The Hall–Kier alpha value is -1.83. The monoisotopic (exact) mass is 382 g/mol. The van der Waals surface area contributed by atoms with Gasteiger partial charge in [-0.3, -0.25) is 0 Å². The molecule has 0 spiro atoms. The first kappa shape index (κ1) is 20.5. The van der Waals surface area contributed by atoms with Crippen LogP contribution < -0.4 is 5.32 Å². The number of piperazine rings is 1. The highest BCUT2D eigenvalue weighted by Crippen LogP contribution is 2.23. The van der Waals surface area contributed by atoms with Crippen LogP contribution in [0.2, 0.25) is 0 Å². The molecule has 8 heteroatoms. The molecule has 7 nitrogen and oxygen atoms in total. The van der Waals surface area contributed by atoms with E-state index in [1.165, 1.54) is 0 Å². The molecule has 0 bridgehead atoms. The SMILES string of the molecule is CC(C)(C)OC(=O)N1CCN(C(=O)NCc2nc(C(C)(C)C)cs2)CC1. The Labute approximate surface area is 159 Å². The minimum Gasteiger partial charge on any atom is -0.444 e. The molecule has 3 amide bonds. The summed E-state index contributed by atoms with van der Waals surface area (Å²) in [5, 5.41) is 5.86. The third-order valence-corrected chi connectivity index (χ3v) is 4.78. The van der Waals surface area contributed by atoms with Crippen LogP contribution in [0.15, 0.2) is 5.38 Å². The normalized spacial score (nSPS) is 15.8. The van der Waals surface area contributed by atoms with Crippen LogP contribution >= 0.6 is 11.3 Å². The van der Waals surface area contributed by atoms with Crippen molar-refractivity contribution in [2.75, 3.05) is 26.2 Å². The van der Waals surface area contributed by atoms with Gasteiger partial charge in [0.25, 0.3) is 0 Å². The molecular weight excluding hydrogens is 352 g/mol. The number of amides is 3. The zero-order valence-electron chi connectivity index (χ0n) is 16.6. The van der Waals surface area contributed by atoms with Crippen LogP contribution in [0.4, 0.5) is 9.59 Å². The van der Waals surface area contributed by atoms with Gasteiger partial charge >= 0.3 is 12.1 Å². The molecule has 0 saturated carbocycles. The van der Waals surface area contributed by atoms with Crippen LogP contribution in [-0.4, -0.2) is 58.7 Å². The Morgan fingerprint density at radius 3 is 2.19 bits per heavy atom. The first-order valence-electron chi connectivity index (χ1n) is 8.91. The molecule has 26 heavy (non-hydrogen) atoms. The van der Waals surface area contributed by atoms with Crippen molar-refractivity contribution in [3.63, 3.8) is 0 Å². The second-order valence-corrected chi connectivity index (χ2v) is 9.43. The molecule has 2 rings (SSSR count). The predicted octanol–water partition coefficient (Wildman–Crippen LogP) is 3.20. The van der Waals surface area contributed by atoms with Crippen molar-refractivity contribution in [1.82, 2.24) is 20.1 Å². The largest absolute Gasteiger partial charge is 0.444 e. The van der Waals surface area contributed by atoms with E-state index in [9.17, 15) is 9.59 Å². The second kappa shape index (κ2) is 7.82. The van der Waals surface area contributed by atoms with Crippen LogP contribution in [0.1, 0.15) is 52.2 Å². The Morgan fingerprint density at radius 2 is 1.69 bits per heavy atom. The number of hydrogen-bond donors (Lipinski definition) is 1. The Bertz CT molecular complexity index is 638. The van der Waals surface area contributed by atoms with Crippen molar-refractivity contribution in [3.8, 4) is 0 Å². The lowest BCUT2D eigenvalue weighted by molar-refractivity contribution is 0.0170. The van der Waals surface area contributed by atoms with Gasteiger partial charge in [-0.05, 0) is 20.8 Å². The summed E-state index contributed by atoms with van der Waals surface area (Å²) in [6, 6.07) is -0.124. The summed E-state index contributed by atoms with van der Waals surface area (Å²) in [6.07, 6.45) is -0.324. The molecule has 0 unspecified atom stereocenters. The lowest BCUT2D eigenvalue weighted by Gasteiger charge is -2.35. The number of ether oxygens (including phenoxy) is 1. The van der Waals surface area contributed by atoms with Gasteiger partial charge in [0, 0.05) is 37.0 Å². The fourth-order valence-corrected chi connectivity index (χ4v) is 3.38. The maximum Gasteiger partial charge on any atom is 0.410 e. The minimum absolute atomic E-state index is 0.0107. The number of carbonyl (C=O) groups is 2. The Balaban J connectivity index is 1.78. The fraction of sp³-hybridized carbons (Fsp3) is 0.722. The lowest BCUT2D eigenvalue weighted by Crippen LogP contribution is -2.53. The summed E-state index contributed by atoms with van der Waals surface area (Å²) in [5.74, 6) is 0. The third kappa shape index (κ3) is 5.86. The fourth-order valence-electron chi connectivity index (χ4n) is 2.42. The van der Waals surface area contributed by atoms with E-state index in [1.54, 1.807) is 21.1 Å². The molecule has 1 N–H and O–H groups in total. The zero-order valence-corrected chi connectivity index (χ0v) is 17.4. The number of urea groups is 1. The average molecular weight is 383 g/mol. The Kier molecular flexibility index (Phi) is 6.16. The molecule has 0 atom stereocenters. The highest BCUT2D eigenvalue weighted by molar-refractivity contribution is 7.09. The molecule has 1 fully saturated rings. The van der Waals surface area contributed by atoms with Crippen LogP contribution in [0, 0.1) is 0 Å². The number of nitrogens with zero attached hydrogens (tertiary/aromatic N) is 3. The maximum absolute atomic E-state index is 12.3. The highest BCUT2D eigenvalue weighted by atomic mass is 32.1. The van der Waals surface area contributed by atoms with Crippen LogP contribution in [0.25, 0.3) is 0 Å². The van der Waals surface area contributed by atoms with Gasteiger partial charge in [0.1, 0.15) is 10.6 Å². The lowest BCUT2D eigenvalue weighted by atomic mass is 9.93. The van der Waals surface area contributed by atoms with Crippen LogP contribution in [-0.2, 0) is 16.7 Å². The molecule has 1 saturated heterocycles. The number of aromatic nitrogens is 1. The third-order valence-electron chi connectivity index (χ3n) is 3.93. The van der Waals surface area contributed by atoms with Crippen molar-refractivity contribution in [1.29, 1.82) is 0 Å². The van der Waals surface area contributed by atoms with E-state index in [0.29, 0.717) is 32.7 Å². The number of thiazole rings is 1. The van der Waals surface area contributed by atoms with Gasteiger partial charge in [0.15, 0.2) is 0 Å². The van der Waals surface area contributed by atoms with Crippen molar-refractivity contribution in [2.24, 2.45) is 0 Å². The maximum atomic E-state index is 12.3. The molecule has 146 valence electrons. The highest BCUT2D eigenvalue weighted by Gasteiger charge is 2.27. The van der Waals surface area contributed by atoms with E-state index >= 15 is 0 Å². The molecule has 1 aromatic rings. The van der Waals surface area contributed by atoms with Gasteiger partial charge in [-0.1, -0.05) is 20.8 Å². The van der Waals surface area contributed by atoms with E-state index in [2.05, 4.69) is 31.1 Å². The molecule has 0 aliphatic carbocycles. The van der Waals surface area contributed by atoms with E-state index in [4.69, 9.17) is 4.74 Å². The van der Waals surface area contributed by atoms with Gasteiger partial charge in [-0.25, -0.2) is 14.6 Å². The first-order chi connectivity index (χ1) is 12.0. The van der Waals surface area contributed by atoms with E-state index in [0.717, 1.165) is 10.7 Å². The van der Waals surface area contributed by atoms with Crippen molar-refractivity contribution < 1.29 is 14.3 Å². The molecular formula is C18H30N4O3S. The summed E-state index contributed by atoms with van der Waals surface area (Å²) < 4.78 is 5.37. The number of rotatable bonds is 2. The van der Waals surface area contributed by atoms with Crippen molar-refractivity contribution >= 4 is 23.5 Å². The molecule has 2 heterocycles. The van der Waals surface area contributed by atoms with Crippen LogP contribution in [0.5, 0.6) is 0 Å². The summed E-state index contributed by atoms with van der Waals surface area (Å²) in [5.41, 5.74) is 0.542. The smallest absolute Gasteiger partial charge is 0.410 e. The van der Waals surface area contributed by atoms with Gasteiger partial charge < -0.3 is 19.9 Å². The van der Waals surface area contributed by atoms with Crippen molar-refractivity contribution in [3.05, 3.63) is 16.1 Å². The minimum atomic E-state index is -0.509. The molecule has 0 aromatic carbocycles. The Morgan fingerprint density at radius 1 is 1.12 bits per heavy atom. The van der Waals surface area contributed by atoms with Gasteiger partial charge in [0.05, 0.1) is 12.2 Å². The van der Waals surface area contributed by atoms with E-state index in [-0.39, 0.29) is 17.5 Å². The summed E-state index contributed by atoms with van der Waals surface area (Å²) >= 11 is 1.56. The van der Waals surface area contributed by atoms with E-state index < -0.39 is 5.60 Å². The standard InChI is InChI=1S/C18H30N4O3S/c1-17(2,3)13-12-26-14(20-13)11-19-15(23)21-7-9-22(10-8-21)16(24)25-18(4,5)6/h12H,7-11H2,1-6H3,(H,19,23). The average Bonchev–Trinajstić information content (AvgIpc) is 3.00. The predicted molar refractivity (Wildman–Crippen MR) is 102 cm³/mol. The number of nitrogens with one attached hydrogen (secondary N) is 1. The van der Waals surface area contributed by atoms with Crippen molar-refractivity contribution in [2.45, 2.75) is 59.1 Å². The molecule has 1 aliphatic heterocycles. The molecule has 1 aromatic heterocycles. The van der Waals surface area contributed by atoms with Gasteiger partial charge in [0.2, 0.25) is 0 Å². The molecule has 0 radical (unpaired) electrons. The van der Waals surface area contributed by atoms with Gasteiger partial charge in [-0.15, -0.1) is 11.3 Å². The summed E-state index contributed by atoms with van der Waals surface area (Å²) in [6.45, 7) is 14.3. The summed E-state index contributed by atoms with van der Waals surface area (Å²) in [7, 11) is 0. The first-order valence-corrected chi connectivity index (χ1v) is 9.79. The quantitative estimate of drug-likeness (QED) is 0.852. The topological polar surface area (TPSA) is 74.8 Å². The number of hydrogen-bond acceptors (Lipinski definition) is 5. The number of carbonyl (C=O) groups excluding carboxylic acids is 2. The van der Waals surface area contributed by atoms with E-state index in [1.807, 2.05) is 26.2 Å². The zero-order chi connectivity index (χ0) is 19.5. The van der Waals surface area contributed by atoms with Gasteiger partial charge in [-0.2, -0.15) is 0 Å². The second-order valence-electron chi connectivity index (χ2n) is 8.49.